The highest BCUT2D eigenvalue weighted by molar-refractivity contribution is 7.23. The Hall–Kier alpha value is -6.72. The fraction of sp³-hybridized carbons (Fsp3) is 0.360. The molecule has 352 valence electrons. The first kappa shape index (κ1) is 48.2. The summed E-state index contributed by atoms with van der Waals surface area (Å²) in [4.78, 5) is 49.5. The Morgan fingerprint density at radius 1 is 0.791 bits per heavy atom. The number of aromatic amines is 1. The number of benzene rings is 2. The van der Waals surface area contributed by atoms with Crippen LogP contribution in [-0.2, 0) is 9.53 Å². The number of H-pyrrole nitrogens is 1. The van der Waals surface area contributed by atoms with Gasteiger partial charge in [0.25, 0.3) is 0 Å². The van der Waals surface area contributed by atoms with E-state index in [0.717, 1.165) is 107 Å². The van der Waals surface area contributed by atoms with Crippen LogP contribution in [0.2, 0.25) is 0 Å². The number of likely N-dealkylation sites (tertiary alicyclic amines) is 2. The van der Waals surface area contributed by atoms with Crippen LogP contribution in [-0.4, -0.2) is 97.3 Å². The van der Waals surface area contributed by atoms with Crippen molar-refractivity contribution < 1.29 is 23.8 Å². The number of carbonyl (C=O) groups excluding carboxylic acids is 2. The average Bonchev–Trinajstić information content (AvgIpc) is 4.16. The molecule has 0 radical (unpaired) electrons. The maximum absolute atomic E-state index is 12.6. The fourth-order valence-electron chi connectivity index (χ4n) is 8.38. The van der Waals surface area contributed by atoms with Gasteiger partial charge in [-0.2, -0.15) is 0 Å². The van der Waals surface area contributed by atoms with Crippen molar-refractivity contribution in [3.63, 3.8) is 0 Å². The third kappa shape index (κ3) is 10.3. The number of aryl methyl sites for hydroxylation is 2. The zero-order chi connectivity index (χ0) is 48.2. The van der Waals surface area contributed by atoms with Gasteiger partial charge in [0, 0.05) is 59.5 Å². The molecule has 8 heterocycles. The normalized spacial score (nSPS) is 14.6. The van der Waals surface area contributed by atoms with Gasteiger partial charge in [-0.15, -0.1) is 22.7 Å². The van der Waals surface area contributed by atoms with Crippen LogP contribution in [0.25, 0.3) is 63.1 Å². The number of carbonyl (C=O) groups is 2. The predicted molar refractivity (Wildman–Crippen MR) is 273 cm³/mol. The Labute approximate surface area is 398 Å². The van der Waals surface area contributed by atoms with Crippen LogP contribution in [0, 0.1) is 13.8 Å². The molecule has 2 aliphatic heterocycles. The van der Waals surface area contributed by atoms with Crippen LogP contribution in [0.5, 0.6) is 11.5 Å². The van der Waals surface area contributed by atoms with Gasteiger partial charge >= 0.3 is 6.09 Å². The molecule has 0 aliphatic carbocycles. The summed E-state index contributed by atoms with van der Waals surface area (Å²) in [6, 6.07) is 12.8. The third-order valence-electron chi connectivity index (χ3n) is 11.4. The molecule has 2 aromatic carbocycles. The summed E-state index contributed by atoms with van der Waals surface area (Å²) in [6.45, 7) is 20.2. The number of rotatable bonds is 6. The number of hydrogen-bond donors (Lipinski definition) is 3. The Bertz CT molecular complexity index is 3070. The van der Waals surface area contributed by atoms with Gasteiger partial charge in [0.15, 0.2) is 0 Å². The molecule has 17 heteroatoms. The second kappa shape index (κ2) is 20.4. The Kier molecular flexibility index (Phi) is 14.7. The van der Waals surface area contributed by atoms with E-state index in [1.807, 2.05) is 51.8 Å². The highest BCUT2D eigenvalue weighted by Gasteiger charge is 2.32. The standard InChI is InChI=1S/C25H29N5O3S.C16H14N4OS.C7H11NO.C2H6/c1-14-8-15-10-19(34-21(15)18(9-14)32-5)17-12-30(23-20(17)22(26)27-13-28-23)16-6-7-29(11-16)24(31)33-25(2,3)4;1-8-3-9-5-12(22-14(9)11(4-8)21-2)10-6-18-16-13(10)15(17)19-7-20-16;1-2-7(9)8-5-3-4-6-8;1-2/h8-10,12-13,16H,6-7,11H2,1-5H3,(H2,26,27,28);3-7H,1-2H3,(H3,17,18,19,20);2H,1,3-6H2;1-2H3. The van der Waals surface area contributed by atoms with Gasteiger partial charge in [0.05, 0.1) is 40.4 Å². The quantitative estimate of drug-likeness (QED) is 0.134. The van der Waals surface area contributed by atoms with Gasteiger partial charge in [-0.1, -0.05) is 32.6 Å². The lowest BCUT2D eigenvalue weighted by atomic mass is 10.1. The minimum Gasteiger partial charge on any atom is -0.495 e. The van der Waals surface area contributed by atoms with Crippen LogP contribution in [0.1, 0.15) is 71.0 Å². The highest BCUT2D eigenvalue weighted by Crippen LogP contribution is 2.45. The topological polar surface area (TPSA) is 193 Å². The maximum atomic E-state index is 12.6. The summed E-state index contributed by atoms with van der Waals surface area (Å²) in [5.74, 6) is 2.77. The molecule has 15 nitrogen and oxygen atoms in total. The van der Waals surface area contributed by atoms with Crippen molar-refractivity contribution in [3.05, 3.63) is 85.2 Å². The summed E-state index contributed by atoms with van der Waals surface area (Å²) in [7, 11) is 3.40. The number of nitrogens with zero attached hydrogens (tertiary/aromatic N) is 7. The summed E-state index contributed by atoms with van der Waals surface area (Å²) in [5, 5.41) is 4.00. The molecule has 6 aromatic heterocycles. The smallest absolute Gasteiger partial charge is 0.410 e. The van der Waals surface area contributed by atoms with E-state index < -0.39 is 5.60 Å². The van der Waals surface area contributed by atoms with E-state index in [-0.39, 0.29) is 18.0 Å². The number of nitrogens with two attached hydrogens (primary N) is 2. The Morgan fingerprint density at radius 2 is 1.36 bits per heavy atom. The molecule has 10 rings (SSSR count). The van der Waals surface area contributed by atoms with Gasteiger partial charge in [-0.3, -0.25) is 4.79 Å². The Morgan fingerprint density at radius 3 is 1.93 bits per heavy atom. The molecule has 5 N–H and O–H groups in total. The third-order valence-corrected chi connectivity index (χ3v) is 13.8. The number of hydrogen-bond acceptors (Lipinski definition) is 13. The van der Waals surface area contributed by atoms with Gasteiger partial charge in [0.2, 0.25) is 5.91 Å². The molecule has 0 saturated carbocycles. The summed E-state index contributed by atoms with van der Waals surface area (Å²) in [5.41, 5.74) is 17.7. The van der Waals surface area contributed by atoms with Crippen molar-refractivity contribution in [2.24, 2.45) is 0 Å². The molecule has 1 atom stereocenters. The number of nitrogens with one attached hydrogen (secondary N) is 1. The van der Waals surface area contributed by atoms with E-state index in [1.165, 1.54) is 29.7 Å². The van der Waals surface area contributed by atoms with Crippen molar-refractivity contribution >= 4 is 88.5 Å². The van der Waals surface area contributed by atoms with Gasteiger partial charge in [-0.05, 0) is 106 Å². The number of methoxy groups -OCH3 is 2. The highest BCUT2D eigenvalue weighted by atomic mass is 32.1. The minimum absolute atomic E-state index is 0.0734. The molecule has 2 saturated heterocycles. The van der Waals surface area contributed by atoms with E-state index in [0.29, 0.717) is 24.7 Å². The summed E-state index contributed by atoms with van der Waals surface area (Å²) < 4.78 is 21.1. The molecular formula is C50H60N10O5S2. The van der Waals surface area contributed by atoms with Gasteiger partial charge in [-0.25, -0.2) is 24.7 Å². The molecule has 8 aromatic rings. The molecule has 67 heavy (non-hydrogen) atoms. The lowest BCUT2D eigenvalue weighted by Gasteiger charge is -2.24. The Balaban J connectivity index is 0.000000171. The number of nitrogen functional groups attached to an aromatic ring is 2. The van der Waals surface area contributed by atoms with Crippen molar-refractivity contribution in [2.75, 3.05) is 51.9 Å². The maximum Gasteiger partial charge on any atom is 0.410 e. The first-order chi connectivity index (χ1) is 32.2. The molecule has 2 fully saturated rings. The molecule has 0 bridgehead atoms. The first-order valence-corrected chi connectivity index (χ1v) is 24.0. The number of ether oxygens (including phenoxy) is 3. The van der Waals surface area contributed by atoms with Crippen molar-refractivity contribution in [1.82, 2.24) is 39.3 Å². The average molecular weight is 945 g/mol. The van der Waals surface area contributed by atoms with Gasteiger partial charge < -0.3 is 45.0 Å². The second-order valence-corrected chi connectivity index (χ2v) is 19.3. The van der Waals surface area contributed by atoms with E-state index in [2.05, 4.69) is 86.4 Å². The largest absolute Gasteiger partial charge is 0.495 e. The zero-order valence-corrected chi connectivity index (χ0v) is 41.4. The monoisotopic (exact) mass is 944 g/mol. The van der Waals surface area contributed by atoms with Crippen LogP contribution >= 0.6 is 22.7 Å². The van der Waals surface area contributed by atoms with Crippen molar-refractivity contribution in [3.8, 4) is 32.4 Å². The lowest BCUT2D eigenvalue weighted by Crippen LogP contribution is -2.35. The van der Waals surface area contributed by atoms with Crippen molar-refractivity contribution in [2.45, 2.75) is 79.4 Å². The van der Waals surface area contributed by atoms with Crippen LogP contribution in [0.3, 0.4) is 0 Å². The van der Waals surface area contributed by atoms with E-state index in [1.54, 1.807) is 41.8 Å². The molecular weight excluding hydrogens is 885 g/mol. The molecule has 1 unspecified atom stereocenters. The number of anilines is 2. The van der Waals surface area contributed by atoms with Gasteiger partial charge in [0.1, 0.15) is 52.7 Å². The summed E-state index contributed by atoms with van der Waals surface area (Å²) >= 11 is 3.35. The number of thiophene rings is 2. The minimum atomic E-state index is -0.523. The molecule has 2 aliphatic rings. The van der Waals surface area contributed by atoms with Crippen molar-refractivity contribution in [1.29, 1.82) is 0 Å². The molecule has 2 amide bonds. The number of aromatic nitrogens is 6. The number of amides is 2. The van der Waals surface area contributed by atoms with Crippen LogP contribution in [0.15, 0.2) is 74.1 Å². The second-order valence-electron chi connectivity index (χ2n) is 17.2. The van der Waals surface area contributed by atoms with E-state index in [9.17, 15) is 9.59 Å². The van der Waals surface area contributed by atoms with Crippen LogP contribution < -0.4 is 20.9 Å². The fourth-order valence-corrected chi connectivity index (χ4v) is 10.7. The predicted octanol–water partition coefficient (Wildman–Crippen LogP) is 11.0. The SMILES string of the molecule is C=CC(=O)N1CCCC1.CC.COc1cc(C)cc2cc(-c3c[nH]c4ncnc(N)c34)sc12.COc1cc(C)cc2cc(-c3cn(C4CCN(C(=O)OC(C)(C)C)C4)c4ncnc(N)c34)sc12. The van der Waals surface area contributed by atoms with E-state index in [4.69, 9.17) is 25.7 Å². The first-order valence-electron chi connectivity index (χ1n) is 22.4. The molecule has 0 spiro atoms. The number of fused-ring (bicyclic) bond motifs is 4. The lowest BCUT2D eigenvalue weighted by molar-refractivity contribution is -0.124. The summed E-state index contributed by atoms with van der Waals surface area (Å²) in [6.07, 6.45) is 11.2. The van der Waals surface area contributed by atoms with Crippen LogP contribution in [0.4, 0.5) is 16.4 Å². The van der Waals surface area contributed by atoms with E-state index >= 15 is 0 Å². The zero-order valence-electron chi connectivity index (χ0n) is 39.7.